The molecule has 0 heterocycles. The second kappa shape index (κ2) is 6.44. The molecule has 2 aromatic carbocycles. The van der Waals surface area contributed by atoms with Gasteiger partial charge in [0, 0.05) is 6.54 Å². The lowest BCUT2D eigenvalue weighted by atomic mass is 10.1. The first-order valence-corrected chi connectivity index (χ1v) is 6.77. The summed E-state index contributed by atoms with van der Waals surface area (Å²) in [6.45, 7) is 2.39. The summed E-state index contributed by atoms with van der Waals surface area (Å²) >= 11 is 6.11. The second-order valence-electron chi connectivity index (χ2n) is 4.61. The lowest BCUT2D eigenvalue weighted by molar-refractivity contribution is 0.0954. The van der Waals surface area contributed by atoms with E-state index >= 15 is 0 Å². The number of benzene rings is 2. The van der Waals surface area contributed by atoms with Crippen molar-refractivity contribution in [3.8, 4) is 5.75 Å². The second-order valence-corrected chi connectivity index (χ2v) is 4.99. The Bertz CT molecular complexity index is 608. The number of nitrogens with one attached hydrogen (secondary N) is 1. The Hall–Kier alpha value is -2.00. The Labute approximate surface area is 123 Å². The normalized spacial score (nSPS) is 10.3. The molecule has 0 aliphatic rings. The number of halogens is 1. The maximum atomic E-state index is 12.0. The van der Waals surface area contributed by atoms with E-state index in [4.69, 9.17) is 11.6 Å². The molecule has 0 bridgehead atoms. The van der Waals surface area contributed by atoms with Crippen molar-refractivity contribution in [2.45, 2.75) is 13.3 Å². The van der Waals surface area contributed by atoms with E-state index in [1.807, 2.05) is 31.2 Å². The van der Waals surface area contributed by atoms with Crippen molar-refractivity contribution in [1.29, 1.82) is 0 Å². The fraction of sp³-hybridized carbons (Fsp3) is 0.188. The highest BCUT2D eigenvalue weighted by Crippen LogP contribution is 2.20. The van der Waals surface area contributed by atoms with E-state index in [0.717, 1.165) is 11.1 Å². The molecule has 2 N–H and O–H groups in total. The third kappa shape index (κ3) is 3.52. The molecular weight excluding hydrogens is 274 g/mol. The molecule has 0 fully saturated rings. The highest BCUT2D eigenvalue weighted by Gasteiger charge is 2.10. The van der Waals surface area contributed by atoms with Crippen LogP contribution in [0.1, 0.15) is 21.5 Å². The largest absolute Gasteiger partial charge is 0.508 e. The molecule has 3 nitrogen and oxygen atoms in total. The number of hydrogen-bond donors (Lipinski definition) is 2. The number of hydrogen-bond acceptors (Lipinski definition) is 2. The van der Waals surface area contributed by atoms with Gasteiger partial charge in [-0.2, -0.15) is 0 Å². The van der Waals surface area contributed by atoms with Gasteiger partial charge >= 0.3 is 0 Å². The summed E-state index contributed by atoms with van der Waals surface area (Å²) in [6.07, 6.45) is 0.704. The zero-order valence-electron chi connectivity index (χ0n) is 11.2. The molecule has 20 heavy (non-hydrogen) atoms. The molecule has 0 atom stereocenters. The van der Waals surface area contributed by atoms with Crippen LogP contribution in [0.5, 0.6) is 5.75 Å². The van der Waals surface area contributed by atoms with Crippen molar-refractivity contribution >= 4 is 17.5 Å². The number of amides is 1. The maximum absolute atomic E-state index is 12.0. The Morgan fingerprint density at radius 3 is 2.60 bits per heavy atom. The third-order valence-corrected chi connectivity index (χ3v) is 3.57. The summed E-state index contributed by atoms with van der Waals surface area (Å²) in [4.78, 5) is 12.0. The van der Waals surface area contributed by atoms with Crippen LogP contribution in [0.4, 0.5) is 0 Å². The number of phenols is 1. The number of aromatic hydroxyl groups is 1. The average Bonchev–Trinajstić information content (AvgIpc) is 2.44. The number of phenolic OH excluding ortho intramolecular Hbond substituents is 1. The standard InChI is InChI=1S/C16H16ClNO2/c1-11-3-2-4-14(15(11)17)16(20)18-10-9-12-5-7-13(19)8-6-12/h2-8,19H,9-10H2,1H3,(H,18,20). The zero-order valence-corrected chi connectivity index (χ0v) is 11.9. The van der Waals surface area contributed by atoms with E-state index in [0.29, 0.717) is 23.6 Å². The molecule has 0 aromatic heterocycles. The number of carbonyl (C=O) groups is 1. The van der Waals surface area contributed by atoms with Gasteiger partial charge in [0.15, 0.2) is 0 Å². The van der Waals surface area contributed by atoms with Gasteiger partial charge in [0.1, 0.15) is 5.75 Å². The molecule has 0 saturated carbocycles. The first-order chi connectivity index (χ1) is 9.58. The minimum Gasteiger partial charge on any atom is -0.508 e. The van der Waals surface area contributed by atoms with Gasteiger partial charge in [0.05, 0.1) is 10.6 Å². The van der Waals surface area contributed by atoms with Gasteiger partial charge in [-0.15, -0.1) is 0 Å². The molecular formula is C16H16ClNO2. The molecule has 2 rings (SSSR count). The fourth-order valence-electron chi connectivity index (χ4n) is 1.90. The first-order valence-electron chi connectivity index (χ1n) is 6.39. The smallest absolute Gasteiger partial charge is 0.252 e. The summed E-state index contributed by atoms with van der Waals surface area (Å²) in [5.41, 5.74) is 2.44. The molecule has 0 unspecified atom stereocenters. The van der Waals surface area contributed by atoms with Crippen LogP contribution in [-0.2, 0) is 6.42 Å². The van der Waals surface area contributed by atoms with Crippen molar-refractivity contribution in [2.75, 3.05) is 6.54 Å². The summed E-state index contributed by atoms with van der Waals surface area (Å²) in [5.74, 6) is 0.0711. The monoisotopic (exact) mass is 289 g/mol. The van der Waals surface area contributed by atoms with Crippen LogP contribution in [-0.4, -0.2) is 17.6 Å². The minimum absolute atomic E-state index is 0.169. The number of carbonyl (C=O) groups excluding carboxylic acids is 1. The van der Waals surface area contributed by atoms with Crippen LogP contribution in [0.2, 0.25) is 5.02 Å². The summed E-state index contributed by atoms with van der Waals surface area (Å²) in [5, 5.41) is 12.5. The minimum atomic E-state index is -0.169. The van der Waals surface area contributed by atoms with Crippen LogP contribution in [0.15, 0.2) is 42.5 Å². The lowest BCUT2D eigenvalue weighted by Gasteiger charge is -2.08. The Balaban J connectivity index is 1.92. The molecule has 104 valence electrons. The zero-order chi connectivity index (χ0) is 14.5. The van der Waals surface area contributed by atoms with Gasteiger partial charge in [-0.05, 0) is 42.7 Å². The van der Waals surface area contributed by atoms with Crippen molar-refractivity contribution in [1.82, 2.24) is 5.32 Å². The SMILES string of the molecule is Cc1cccc(C(=O)NCCc2ccc(O)cc2)c1Cl. The Morgan fingerprint density at radius 2 is 1.90 bits per heavy atom. The highest BCUT2D eigenvalue weighted by atomic mass is 35.5. The highest BCUT2D eigenvalue weighted by molar-refractivity contribution is 6.34. The van der Waals surface area contributed by atoms with Gasteiger partial charge in [0.2, 0.25) is 0 Å². The molecule has 0 radical (unpaired) electrons. The van der Waals surface area contributed by atoms with E-state index in [1.165, 1.54) is 0 Å². The van der Waals surface area contributed by atoms with E-state index in [1.54, 1.807) is 18.2 Å². The van der Waals surface area contributed by atoms with Gasteiger partial charge < -0.3 is 10.4 Å². The number of aryl methyl sites for hydroxylation is 1. The third-order valence-electron chi connectivity index (χ3n) is 3.07. The number of rotatable bonds is 4. The summed E-state index contributed by atoms with van der Waals surface area (Å²) in [7, 11) is 0. The van der Waals surface area contributed by atoms with Crippen molar-refractivity contribution in [3.05, 3.63) is 64.2 Å². The molecule has 4 heteroatoms. The van der Waals surface area contributed by atoms with Gasteiger partial charge in [-0.25, -0.2) is 0 Å². The molecule has 0 spiro atoms. The topological polar surface area (TPSA) is 49.3 Å². The molecule has 2 aromatic rings. The van der Waals surface area contributed by atoms with Gasteiger partial charge in [-0.1, -0.05) is 35.9 Å². The van der Waals surface area contributed by atoms with Crippen molar-refractivity contribution < 1.29 is 9.90 Å². The quantitative estimate of drug-likeness (QED) is 0.907. The maximum Gasteiger partial charge on any atom is 0.252 e. The molecule has 1 amide bonds. The van der Waals surface area contributed by atoms with E-state index in [9.17, 15) is 9.90 Å². The Morgan fingerprint density at radius 1 is 1.20 bits per heavy atom. The van der Waals surface area contributed by atoms with Crippen LogP contribution in [0.25, 0.3) is 0 Å². The van der Waals surface area contributed by atoms with Gasteiger partial charge in [-0.3, -0.25) is 4.79 Å². The fourth-order valence-corrected chi connectivity index (χ4v) is 2.11. The van der Waals surface area contributed by atoms with E-state index in [2.05, 4.69) is 5.32 Å². The van der Waals surface area contributed by atoms with E-state index < -0.39 is 0 Å². The molecule has 0 aliphatic carbocycles. The summed E-state index contributed by atoms with van der Waals surface area (Å²) < 4.78 is 0. The van der Waals surface area contributed by atoms with Crippen LogP contribution in [0, 0.1) is 6.92 Å². The van der Waals surface area contributed by atoms with Crippen molar-refractivity contribution in [3.63, 3.8) is 0 Å². The molecule has 0 saturated heterocycles. The van der Waals surface area contributed by atoms with Crippen LogP contribution in [0.3, 0.4) is 0 Å². The predicted molar refractivity (Wildman–Crippen MR) is 80.3 cm³/mol. The summed E-state index contributed by atoms with van der Waals surface area (Å²) in [6, 6.07) is 12.3. The first kappa shape index (κ1) is 14.4. The average molecular weight is 290 g/mol. The van der Waals surface area contributed by atoms with E-state index in [-0.39, 0.29) is 11.7 Å². The van der Waals surface area contributed by atoms with Crippen LogP contribution >= 0.6 is 11.6 Å². The predicted octanol–water partition coefficient (Wildman–Crippen LogP) is 3.33. The molecule has 0 aliphatic heterocycles. The lowest BCUT2D eigenvalue weighted by Crippen LogP contribution is -2.26. The Kier molecular flexibility index (Phi) is 4.64. The van der Waals surface area contributed by atoms with Crippen LogP contribution < -0.4 is 5.32 Å². The van der Waals surface area contributed by atoms with Crippen molar-refractivity contribution in [2.24, 2.45) is 0 Å². The van der Waals surface area contributed by atoms with Gasteiger partial charge in [0.25, 0.3) is 5.91 Å².